The van der Waals surface area contributed by atoms with Crippen molar-refractivity contribution in [2.24, 2.45) is 0 Å². The molecule has 4 heteroatoms. The lowest BCUT2D eigenvalue weighted by Crippen LogP contribution is -2.02. The van der Waals surface area contributed by atoms with E-state index in [9.17, 15) is 9.90 Å². The van der Waals surface area contributed by atoms with Gasteiger partial charge >= 0.3 is 5.97 Å². The second kappa shape index (κ2) is 5.05. The first-order valence-electron chi connectivity index (χ1n) is 6.81. The van der Waals surface area contributed by atoms with Gasteiger partial charge < -0.3 is 9.67 Å². The number of nitrogens with zero attached hydrogens (tertiary/aromatic N) is 2. The third-order valence-corrected chi connectivity index (χ3v) is 3.62. The van der Waals surface area contributed by atoms with E-state index in [1.165, 1.54) is 11.1 Å². The number of rotatable bonds is 3. The van der Waals surface area contributed by atoms with E-state index in [0.29, 0.717) is 12.1 Å². The number of hydrogen-bond acceptors (Lipinski definition) is 2. The van der Waals surface area contributed by atoms with Gasteiger partial charge in [0.05, 0.1) is 11.1 Å². The highest BCUT2D eigenvalue weighted by Crippen LogP contribution is 2.21. The maximum Gasteiger partial charge on any atom is 0.337 e. The van der Waals surface area contributed by atoms with Crippen LogP contribution in [0, 0.1) is 13.8 Å². The average molecular weight is 280 g/mol. The molecule has 0 atom stereocenters. The first-order valence-corrected chi connectivity index (χ1v) is 6.81. The zero-order valence-corrected chi connectivity index (χ0v) is 12.0. The minimum Gasteiger partial charge on any atom is -0.478 e. The molecule has 3 aromatic rings. The monoisotopic (exact) mass is 280 g/mol. The van der Waals surface area contributed by atoms with Crippen molar-refractivity contribution in [3.8, 4) is 0 Å². The Bertz CT molecular complexity index is 834. The zero-order valence-electron chi connectivity index (χ0n) is 12.0. The van der Waals surface area contributed by atoms with Crippen molar-refractivity contribution in [1.82, 2.24) is 9.55 Å². The highest BCUT2D eigenvalue weighted by Gasteiger charge is 2.15. The Morgan fingerprint density at radius 1 is 1.19 bits per heavy atom. The summed E-state index contributed by atoms with van der Waals surface area (Å²) in [4.78, 5) is 15.7. The maximum absolute atomic E-state index is 11.3. The predicted molar refractivity (Wildman–Crippen MR) is 81.7 cm³/mol. The molecule has 0 unspecified atom stereocenters. The zero-order chi connectivity index (χ0) is 15.0. The van der Waals surface area contributed by atoms with Crippen LogP contribution in [0.4, 0.5) is 0 Å². The molecule has 0 fully saturated rings. The van der Waals surface area contributed by atoms with E-state index >= 15 is 0 Å². The molecule has 0 saturated heterocycles. The van der Waals surface area contributed by atoms with E-state index in [2.05, 4.69) is 34.7 Å². The smallest absolute Gasteiger partial charge is 0.337 e. The van der Waals surface area contributed by atoms with Gasteiger partial charge in [0.2, 0.25) is 0 Å². The van der Waals surface area contributed by atoms with Crippen LogP contribution < -0.4 is 0 Å². The van der Waals surface area contributed by atoms with Crippen molar-refractivity contribution in [3.63, 3.8) is 0 Å². The molecule has 106 valence electrons. The van der Waals surface area contributed by atoms with Gasteiger partial charge in [-0.1, -0.05) is 35.9 Å². The number of benzene rings is 2. The summed E-state index contributed by atoms with van der Waals surface area (Å²) in [6.07, 6.45) is 0. The molecule has 0 aliphatic carbocycles. The maximum atomic E-state index is 11.3. The number of imidazole rings is 1. The van der Waals surface area contributed by atoms with Crippen molar-refractivity contribution in [1.29, 1.82) is 0 Å². The Balaban J connectivity index is 2.13. The number of para-hydroxylation sites is 1. The number of carboxylic acid groups (broad SMARTS) is 1. The van der Waals surface area contributed by atoms with E-state index in [4.69, 9.17) is 0 Å². The van der Waals surface area contributed by atoms with E-state index in [0.717, 1.165) is 11.3 Å². The van der Waals surface area contributed by atoms with E-state index in [1.54, 1.807) is 12.1 Å². The second-order valence-corrected chi connectivity index (χ2v) is 5.21. The largest absolute Gasteiger partial charge is 0.478 e. The summed E-state index contributed by atoms with van der Waals surface area (Å²) in [6, 6.07) is 13.6. The van der Waals surface area contributed by atoms with Gasteiger partial charge in [0.15, 0.2) is 0 Å². The van der Waals surface area contributed by atoms with E-state index in [-0.39, 0.29) is 5.56 Å². The molecule has 1 aromatic heterocycles. The minimum atomic E-state index is -0.944. The van der Waals surface area contributed by atoms with E-state index in [1.807, 2.05) is 19.1 Å². The molecule has 0 bridgehead atoms. The summed E-state index contributed by atoms with van der Waals surface area (Å²) in [6.45, 7) is 4.65. The number of carboxylic acids is 1. The number of aromatic nitrogens is 2. The highest BCUT2D eigenvalue weighted by molar-refractivity contribution is 6.01. The number of aromatic carboxylic acids is 1. The van der Waals surface area contributed by atoms with Gasteiger partial charge in [0, 0.05) is 6.54 Å². The topological polar surface area (TPSA) is 55.1 Å². The Morgan fingerprint density at radius 2 is 1.95 bits per heavy atom. The fraction of sp³-hybridized carbons (Fsp3) is 0.176. The summed E-state index contributed by atoms with van der Waals surface area (Å²) < 4.78 is 2.05. The summed E-state index contributed by atoms with van der Waals surface area (Å²) in [7, 11) is 0. The van der Waals surface area contributed by atoms with Gasteiger partial charge in [-0.15, -0.1) is 0 Å². The summed E-state index contributed by atoms with van der Waals surface area (Å²) in [5.41, 5.74) is 4.04. The van der Waals surface area contributed by atoms with Crippen LogP contribution in [0.3, 0.4) is 0 Å². The minimum absolute atomic E-state index is 0.249. The molecule has 0 amide bonds. The van der Waals surface area contributed by atoms with Crippen molar-refractivity contribution in [2.75, 3.05) is 0 Å². The summed E-state index contributed by atoms with van der Waals surface area (Å²) in [5.74, 6) is -0.124. The van der Waals surface area contributed by atoms with Gasteiger partial charge in [-0.2, -0.15) is 0 Å². The van der Waals surface area contributed by atoms with Crippen molar-refractivity contribution in [3.05, 3.63) is 65.0 Å². The van der Waals surface area contributed by atoms with Crippen LogP contribution in [-0.2, 0) is 6.54 Å². The lowest BCUT2D eigenvalue weighted by atomic mass is 10.1. The Kier molecular flexibility index (Phi) is 3.22. The number of hydrogen-bond donors (Lipinski definition) is 1. The van der Waals surface area contributed by atoms with Crippen LogP contribution in [0.1, 0.15) is 27.3 Å². The molecule has 2 aromatic carbocycles. The summed E-state index contributed by atoms with van der Waals surface area (Å²) in [5, 5.41) is 9.26. The molecule has 21 heavy (non-hydrogen) atoms. The number of carbonyl (C=O) groups is 1. The van der Waals surface area contributed by atoms with Crippen LogP contribution in [0.25, 0.3) is 11.0 Å². The average Bonchev–Trinajstić information content (AvgIpc) is 2.75. The number of aryl methyl sites for hydroxylation is 2. The van der Waals surface area contributed by atoms with Crippen molar-refractivity contribution in [2.45, 2.75) is 20.4 Å². The lowest BCUT2D eigenvalue weighted by Gasteiger charge is -2.08. The van der Waals surface area contributed by atoms with Gasteiger partial charge in [-0.3, -0.25) is 0 Å². The molecule has 0 spiro atoms. The molecular formula is C17H16N2O2. The fourth-order valence-electron chi connectivity index (χ4n) is 2.63. The van der Waals surface area contributed by atoms with Gasteiger partial charge in [0.1, 0.15) is 11.3 Å². The van der Waals surface area contributed by atoms with Crippen LogP contribution >= 0.6 is 0 Å². The van der Waals surface area contributed by atoms with Crippen molar-refractivity contribution >= 4 is 17.0 Å². The highest BCUT2D eigenvalue weighted by atomic mass is 16.4. The van der Waals surface area contributed by atoms with Gasteiger partial charge in [0.25, 0.3) is 0 Å². The van der Waals surface area contributed by atoms with E-state index < -0.39 is 5.97 Å². The Hall–Kier alpha value is -2.62. The van der Waals surface area contributed by atoms with Gasteiger partial charge in [-0.25, -0.2) is 9.78 Å². The lowest BCUT2D eigenvalue weighted by molar-refractivity contribution is 0.0699. The van der Waals surface area contributed by atoms with Crippen LogP contribution in [0.15, 0.2) is 42.5 Å². The molecule has 4 nitrogen and oxygen atoms in total. The fourth-order valence-corrected chi connectivity index (χ4v) is 2.63. The van der Waals surface area contributed by atoms with Crippen LogP contribution in [-0.4, -0.2) is 20.6 Å². The molecule has 1 heterocycles. The third kappa shape index (κ3) is 2.40. The SMILES string of the molecule is Cc1cccc(Cn2c(C)nc3c(C(=O)O)cccc32)c1. The predicted octanol–water partition coefficient (Wildman–Crippen LogP) is 3.40. The Morgan fingerprint density at radius 3 is 2.67 bits per heavy atom. The van der Waals surface area contributed by atoms with Crippen molar-refractivity contribution < 1.29 is 9.90 Å². The summed E-state index contributed by atoms with van der Waals surface area (Å²) >= 11 is 0. The molecule has 0 saturated carbocycles. The molecule has 1 N–H and O–H groups in total. The number of fused-ring (bicyclic) bond motifs is 1. The molecule has 0 aliphatic heterocycles. The first kappa shape index (κ1) is 13.4. The van der Waals surface area contributed by atoms with Gasteiger partial charge in [-0.05, 0) is 31.5 Å². The molecular weight excluding hydrogens is 264 g/mol. The Labute approximate surface area is 122 Å². The second-order valence-electron chi connectivity index (χ2n) is 5.21. The van der Waals surface area contributed by atoms with Crippen LogP contribution in [0.2, 0.25) is 0 Å². The molecule has 0 aliphatic rings. The molecule has 3 rings (SSSR count). The normalized spacial score (nSPS) is 11.0. The first-order chi connectivity index (χ1) is 10.1. The quantitative estimate of drug-likeness (QED) is 0.800. The standard InChI is InChI=1S/C17H16N2O2/c1-11-5-3-6-13(9-11)10-19-12(2)18-16-14(17(20)21)7-4-8-15(16)19/h3-9H,10H2,1-2H3,(H,20,21). The molecule has 0 radical (unpaired) electrons. The van der Waals surface area contributed by atoms with Crippen LogP contribution in [0.5, 0.6) is 0 Å². The third-order valence-electron chi connectivity index (χ3n) is 3.62.